The fraction of sp³-hybridized carbons (Fsp3) is 0.176. The van der Waals surface area contributed by atoms with Crippen molar-refractivity contribution >= 4 is 52.4 Å². The Bertz CT molecular complexity index is 883. The van der Waals surface area contributed by atoms with E-state index < -0.39 is 23.7 Å². The monoisotopic (exact) mass is 392 g/mol. The van der Waals surface area contributed by atoms with Gasteiger partial charge in [0.1, 0.15) is 5.82 Å². The molecule has 3 amide bonds. The van der Waals surface area contributed by atoms with Crippen molar-refractivity contribution in [1.29, 1.82) is 0 Å². The fourth-order valence-corrected chi connectivity index (χ4v) is 3.07. The summed E-state index contributed by atoms with van der Waals surface area (Å²) in [5.74, 6) is -1.93. The number of carbonyl (C=O) groups excluding carboxylic acids is 3. The summed E-state index contributed by atoms with van der Waals surface area (Å²) in [6.07, 6.45) is 1.86. The summed E-state index contributed by atoms with van der Waals surface area (Å²) >= 11 is 12.0. The predicted molar refractivity (Wildman–Crippen MR) is 98.1 cm³/mol. The van der Waals surface area contributed by atoms with Gasteiger partial charge in [0.25, 0.3) is 5.91 Å². The number of anilines is 2. The van der Waals surface area contributed by atoms with Gasteiger partial charge in [-0.15, -0.1) is 0 Å². The summed E-state index contributed by atoms with van der Waals surface area (Å²) in [6.45, 7) is 0. The molecule has 1 heterocycles. The number of nitrogens with zero attached hydrogens (tertiary/aromatic N) is 1. The van der Waals surface area contributed by atoms with Crippen LogP contribution in [0.3, 0.4) is 0 Å². The van der Waals surface area contributed by atoms with Crippen LogP contribution in [-0.4, -0.2) is 22.7 Å². The molecule has 0 spiro atoms. The number of nitrogens with two attached hydrogens (primary N) is 1. The van der Waals surface area contributed by atoms with Crippen LogP contribution in [0, 0.1) is 11.8 Å². The Labute approximate surface area is 158 Å². The molecule has 7 nitrogen and oxygen atoms in total. The Balaban J connectivity index is 1.69. The second-order valence-electron chi connectivity index (χ2n) is 5.82. The van der Waals surface area contributed by atoms with Gasteiger partial charge >= 0.3 is 0 Å². The zero-order valence-electron chi connectivity index (χ0n) is 13.3. The largest absolute Gasteiger partial charge is 0.369 e. The van der Waals surface area contributed by atoms with E-state index in [-0.39, 0.29) is 27.3 Å². The highest BCUT2D eigenvalue weighted by molar-refractivity contribution is 6.40. The van der Waals surface area contributed by atoms with Crippen LogP contribution in [0.4, 0.5) is 11.5 Å². The van der Waals surface area contributed by atoms with Gasteiger partial charge in [-0.3, -0.25) is 14.4 Å². The van der Waals surface area contributed by atoms with Gasteiger partial charge in [-0.2, -0.15) is 0 Å². The number of carbonyl (C=O) groups is 3. The first-order valence-corrected chi connectivity index (χ1v) is 8.44. The standard InChI is InChI=1S/C17H14Cl2N4O3/c18-11-2-1-3-12(19)14(11)17(26)22-8-4-5-21-13(6-8)23-16(25)10-7-9(10)15(20)24/h1-6,9-10H,7H2,(H2,20,24)(H2,21,22,23,25,26)/t9-,10+/m1/s1. The number of pyridine rings is 1. The molecule has 134 valence electrons. The Hall–Kier alpha value is -2.64. The van der Waals surface area contributed by atoms with Crippen molar-refractivity contribution < 1.29 is 14.4 Å². The Morgan fingerprint density at radius 1 is 1.08 bits per heavy atom. The van der Waals surface area contributed by atoms with Crippen molar-refractivity contribution in [1.82, 2.24) is 4.98 Å². The number of primary amides is 1. The van der Waals surface area contributed by atoms with Gasteiger partial charge in [0.15, 0.2) is 0 Å². The SMILES string of the molecule is NC(=O)[C@@H]1C[C@@H]1C(=O)Nc1cc(NC(=O)c2c(Cl)cccc2Cl)ccn1. The summed E-state index contributed by atoms with van der Waals surface area (Å²) in [5.41, 5.74) is 5.73. The van der Waals surface area contributed by atoms with E-state index in [4.69, 9.17) is 28.9 Å². The second kappa shape index (κ2) is 7.31. The number of hydrogen-bond donors (Lipinski definition) is 3. The molecule has 0 bridgehead atoms. The third-order valence-corrected chi connectivity index (χ3v) is 4.58. The Kier molecular flexibility index (Phi) is 5.11. The molecule has 2 atom stereocenters. The summed E-state index contributed by atoms with van der Waals surface area (Å²) in [6, 6.07) is 7.80. The van der Waals surface area contributed by atoms with Crippen LogP contribution in [0.2, 0.25) is 10.0 Å². The molecule has 0 saturated heterocycles. The minimum atomic E-state index is -0.490. The number of hydrogen-bond acceptors (Lipinski definition) is 4. The van der Waals surface area contributed by atoms with Crippen molar-refractivity contribution in [2.75, 3.05) is 10.6 Å². The summed E-state index contributed by atoms with van der Waals surface area (Å²) in [4.78, 5) is 39.5. The summed E-state index contributed by atoms with van der Waals surface area (Å²) in [7, 11) is 0. The maximum Gasteiger partial charge on any atom is 0.258 e. The van der Waals surface area contributed by atoms with E-state index in [1.54, 1.807) is 24.3 Å². The summed E-state index contributed by atoms with van der Waals surface area (Å²) < 4.78 is 0. The quantitative estimate of drug-likeness (QED) is 0.725. The van der Waals surface area contributed by atoms with Crippen LogP contribution < -0.4 is 16.4 Å². The maximum atomic E-state index is 12.4. The molecule has 0 aliphatic heterocycles. The van der Waals surface area contributed by atoms with Crippen molar-refractivity contribution in [3.63, 3.8) is 0 Å². The number of benzene rings is 1. The first-order chi connectivity index (χ1) is 12.4. The second-order valence-corrected chi connectivity index (χ2v) is 6.64. The first-order valence-electron chi connectivity index (χ1n) is 7.68. The fourth-order valence-electron chi connectivity index (χ4n) is 2.50. The lowest BCUT2D eigenvalue weighted by atomic mass is 10.2. The van der Waals surface area contributed by atoms with Crippen LogP contribution in [-0.2, 0) is 9.59 Å². The molecule has 1 saturated carbocycles. The number of amides is 3. The van der Waals surface area contributed by atoms with Gasteiger partial charge in [0.05, 0.1) is 27.4 Å². The van der Waals surface area contributed by atoms with Crippen LogP contribution in [0.25, 0.3) is 0 Å². The third-order valence-electron chi connectivity index (χ3n) is 3.95. The summed E-state index contributed by atoms with van der Waals surface area (Å²) in [5, 5.41) is 5.71. The average molecular weight is 393 g/mol. The zero-order valence-corrected chi connectivity index (χ0v) is 14.8. The molecule has 3 rings (SSSR count). The molecule has 1 aromatic heterocycles. The molecule has 1 aliphatic carbocycles. The molecule has 1 aromatic carbocycles. The van der Waals surface area contributed by atoms with E-state index in [1.165, 1.54) is 12.3 Å². The smallest absolute Gasteiger partial charge is 0.258 e. The lowest BCUT2D eigenvalue weighted by molar-refractivity contribution is -0.123. The number of nitrogens with one attached hydrogen (secondary N) is 2. The average Bonchev–Trinajstić information content (AvgIpc) is 3.36. The molecule has 0 radical (unpaired) electrons. The van der Waals surface area contributed by atoms with Gasteiger partial charge in [-0.1, -0.05) is 29.3 Å². The van der Waals surface area contributed by atoms with Gasteiger partial charge in [-0.05, 0) is 24.6 Å². The lowest BCUT2D eigenvalue weighted by Gasteiger charge is -2.10. The third kappa shape index (κ3) is 3.95. The van der Waals surface area contributed by atoms with Crippen molar-refractivity contribution in [2.24, 2.45) is 17.6 Å². The zero-order chi connectivity index (χ0) is 18.8. The molecule has 0 unspecified atom stereocenters. The van der Waals surface area contributed by atoms with E-state index in [0.29, 0.717) is 12.1 Å². The van der Waals surface area contributed by atoms with E-state index in [2.05, 4.69) is 15.6 Å². The molecule has 26 heavy (non-hydrogen) atoms. The molecule has 1 aliphatic rings. The molecule has 1 fully saturated rings. The minimum absolute atomic E-state index is 0.153. The van der Waals surface area contributed by atoms with Crippen molar-refractivity contribution in [2.45, 2.75) is 6.42 Å². The first kappa shape index (κ1) is 18.2. The van der Waals surface area contributed by atoms with E-state index >= 15 is 0 Å². The predicted octanol–water partition coefficient (Wildman–Crippen LogP) is 2.70. The van der Waals surface area contributed by atoms with Crippen LogP contribution >= 0.6 is 23.2 Å². The van der Waals surface area contributed by atoms with E-state index in [9.17, 15) is 14.4 Å². The molecular weight excluding hydrogens is 379 g/mol. The van der Waals surface area contributed by atoms with Gasteiger partial charge < -0.3 is 16.4 Å². The molecule has 2 aromatic rings. The molecule has 9 heteroatoms. The van der Waals surface area contributed by atoms with Crippen LogP contribution in [0.1, 0.15) is 16.8 Å². The normalized spacial score (nSPS) is 18.1. The highest BCUT2D eigenvalue weighted by atomic mass is 35.5. The topological polar surface area (TPSA) is 114 Å². The minimum Gasteiger partial charge on any atom is -0.369 e. The number of aromatic nitrogens is 1. The van der Waals surface area contributed by atoms with Crippen molar-refractivity contribution in [3.8, 4) is 0 Å². The molecule has 4 N–H and O–H groups in total. The highest BCUT2D eigenvalue weighted by Crippen LogP contribution is 2.38. The number of halogens is 2. The van der Waals surface area contributed by atoms with Gasteiger partial charge in [-0.25, -0.2) is 4.98 Å². The van der Waals surface area contributed by atoms with E-state index in [0.717, 1.165) is 0 Å². The number of rotatable bonds is 5. The van der Waals surface area contributed by atoms with Gasteiger partial charge in [0.2, 0.25) is 11.8 Å². The van der Waals surface area contributed by atoms with Crippen molar-refractivity contribution in [3.05, 3.63) is 52.1 Å². The van der Waals surface area contributed by atoms with E-state index in [1.807, 2.05) is 0 Å². The Morgan fingerprint density at radius 3 is 2.38 bits per heavy atom. The van der Waals surface area contributed by atoms with Crippen LogP contribution in [0.15, 0.2) is 36.5 Å². The van der Waals surface area contributed by atoms with Gasteiger partial charge in [0, 0.05) is 18.0 Å². The highest BCUT2D eigenvalue weighted by Gasteiger charge is 2.47. The van der Waals surface area contributed by atoms with Crippen LogP contribution in [0.5, 0.6) is 0 Å². The maximum absolute atomic E-state index is 12.4. The Morgan fingerprint density at radius 2 is 1.77 bits per heavy atom. The lowest BCUT2D eigenvalue weighted by Crippen LogP contribution is -2.21. The molecular formula is C17H14Cl2N4O3.